The lowest BCUT2D eigenvalue weighted by Gasteiger charge is -2.11. The Kier molecular flexibility index (Phi) is 3.63. The maximum atomic E-state index is 13.5. The molecule has 7 heteroatoms. The number of nitrogens with one attached hydrogen (secondary N) is 1. The molecule has 20 heavy (non-hydrogen) atoms. The van der Waals surface area contributed by atoms with Crippen molar-refractivity contribution in [1.82, 2.24) is 0 Å². The summed E-state index contributed by atoms with van der Waals surface area (Å²) >= 11 is 0. The topological polar surface area (TPSA) is 72.2 Å². The number of anilines is 2. The molecule has 0 radical (unpaired) electrons. The molecular weight excluding hydrogens is 286 g/mol. The molecular formula is C13H12F2N2O2S. The number of aryl methyl sites for hydroxylation is 1. The molecule has 4 nitrogen and oxygen atoms in total. The monoisotopic (exact) mass is 298 g/mol. The van der Waals surface area contributed by atoms with Gasteiger partial charge in [0.05, 0.1) is 10.6 Å². The summed E-state index contributed by atoms with van der Waals surface area (Å²) in [5.41, 5.74) is 5.97. The van der Waals surface area contributed by atoms with E-state index in [4.69, 9.17) is 5.73 Å². The van der Waals surface area contributed by atoms with Crippen LogP contribution in [-0.4, -0.2) is 8.42 Å². The van der Waals surface area contributed by atoms with Crippen LogP contribution in [0.2, 0.25) is 0 Å². The largest absolute Gasteiger partial charge is 0.399 e. The van der Waals surface area contributed by atoms with Gasteiger partial charge in [-0.3, -0.25) is 4.72 Å². The second kappa shape index (κ2) is 5.09. The molecule has 0 bridgehead atoms. The molecule has 3 N–H and O–H groups in total. The lowest BCUT2D eigenvalue weighted by molar-refractivity contribution is 0.582. The highest BCUT2D eigenvalue weighted by atomic mass is 32.2. The lowest BCUT2D eigenvalue weighted by atomic mass is 10.2. The Hall–Kier alpha value is -2.15. The standard InChI is InChI=1S/C13H12F2N2O2S/c1-8-2-4-10(16)7-13(8)20(18,19)17-12-5-3-9(14)6-11(12)15/h2-7,17H,16H2,1H3. The number of sulfonamides is 1. The van der Waals surface area contributed by atoms with Crippen molar-refractivity contribution in [3.63, 3.8) is 0 Å². The van der Waals surface area contributed by atoms with E-state index in [1.807, 2.05) is 0 Å². The summed E-state index contributed by atoms with van der Waals surface area (Å²) in [6, 6.07) is 6.97. The van der Waals surface area contributed by atoms with E-state index in [1.165, 1.54) is 6.07 Å². The van der Waals surface area contributed by atoms with Gasteiger partial charge in [0.25, 0.3) is 10.0 Å². The van der Waals surface area contributed by atoms with Crippen molar-refractivity contribution in [2.45, 2.75) is 11.8 Å². The number of nitrogens with two attached hydrogens (primary N) is 1. The molecule has 0 aromatic heterocycles. The Morgan fingerprint density at radius 2 is 1.80 bits per heavy atom. The average molecular weight is 298 g/mol. The van der Waals surface area contributed by atoms with Gasteiger partial charge in [-0.25, -0.2) is 17.2 Å². The van der Waals surface area contributed by atoms with Crippen LogP contribution in [0, 0.1) is 18.6 Å². The van der Waals surface area contributed by atoms with E-state index in [2.05, 4.69) is 4.72 Å². The maximum absolute atomic E-state index is 13.5. The van der Waals surface area contributed by atoms with Crippen molar-refractivity contribution in [1.29, 1.82) is 0 Å². The smallest absolute Gasteiger partial charge is 0.262 e. The first kappa shape index (κ1) is 14.3. The molecule has 2 aromatic carbocycles. The number of nitrogen functional groups attached to an aromatic ring is 1. The summed E-state index contributed by atoms with van der Waals surface area (Å²) in [5.74, 6) is -1.78. The quantitative estimate of drug-likeness (QED) is 0.856. The van der Waals surface area contributed by atoms with Gasteiger partial charge >= 0.3 is 0 Å². The summed E-state index contributed by atoms with van der Waals surface area (Å²) < 4.78 is 52.7. The first-order valence-corrected chi connectivity index (χ1v) is 7.12. The zero-order valence-corrected chi connectivity index (χ0v) is 11.3. The van der Waals surface area contributed by atoms with Crippen LogP contribution in [0.25, 0.3) is 0 Å². The van der Waals surface area contributed by atoms with Crippen LogP contribution in [0.4, 0.5) is 20.2 Å². The Bertz CT molecular complexity index is 761. The second-order valence-electron chi connectivity index (χ2n) is 4.25. The third-order valence-corrected chi connectivity index (χ3v) is 4.18. The van der Waals surface area contributed by atoms with Crippen molar-refractivity contribution < 1.29 is 17.2 Å². The highest BCUT2D eigenvalue weighted by Crippen LogP contribution is 2.23. The normalized spacial score (nSPS) is 11.3. The van der Waals surface area contributed by atoms with Crippen LogP contribution in [0.5, 0.6) is 0 Å². The number of halogens is 2. The molecule has 0 aliphatic carbocycles. The van der Waals surface area contributed by atoms with Crippen molar-refractivity contribution in [3.05, 3.63) is 53.6 Å². The molecule has 0 saturated carbocycles. The van der Waals surface area contributed by atoms with Crippen LogP contribution >= 0.6 is 0 Å². The second-order valence-corrected chi connectivity index (χ2v) is 5.91. The average Bonchev–Trinajstić information content (AvgIpc) is 2.35. The SMILES string of the molecule is Cc1ccc(N)cc1S(=O)(=O)Nc1ccc(F)cc1F. The van der Waals surface area contributed by atoms with Crippen LogP contribution < -0.4 is 10.5 Å². The molecule has 0 aliphatic rings. The van der Waals surface area contributed by atoms with E-state index in [0.29, 0.717) is 11.6 Å². The van der Waals surface area contributed by atoms with Gasteiger partial charge in [0.1, 0.15) is 11.6 Å². The molecule has 0 amide bonds. The van der Waals surface area contributed by atoms with Crippen molar-refractivity contribution in [2.24, 2.45) is 0 Å². The molecule has 0 fully saturated rings. The molecule has 0 heterocycles. The zero-order chi connectivity index (χ0) is 14.9. The number of hydrogen-bond donors (Lipinski definition) is 2. The van der Waals surface area contributed by atoms with Crippen molar-refractivity contribution in [2.75, 3.05) is 10.5 Å². The van der Waals surface area contributed by atoms with Crippen LogP contribution in [0.15, 0.2) is 41.3 Å². The van der Waals surface area contributed by atoms with Gasteiger partial charge in [-0.2, -0.15) is 0 Å². The molecule has 106 valence electrons. The summed E-state index contributed by atoms with van der Waals surface area (Å²) in [5, 5.41) is 0. The van der Waals surface area contributed by atoms with Gasteiger partial charge in [-0.15, -0.1) is 0 Å². The van der Waals surface area contributed by atoms with Gasteiger partial charge in [0, 0.05) is 11.8 Å². The van der Waals surface area contributed by atoms with Crippen LogP contribution in [0.3, 0.4) is 0 Å². The minimum atomic E-state index is -3.99. The summed E-state index contributed by atoms with van der Waals surface area (Å²) in [7, 11) is -3.99. The summed E-state index contributed by atoms with van der Waals surface area (Å²) in [6.07, 6.45) is 0. The first-order valence-electron chi connectivity index (χ1n) is 5.63. The molecule has 0 spiro atoms. The van der Waals surface area contributed by atoms with E-state index >= 15 is 0 Å². The first-order chi connectivity index (χ1) is 9.29. The molecule has 2 aromatic rings. The summed E-state index contributed by atoms with van der Waals surface area (Å²) in [6.45, 7) is 1.59. The highest BCUT2D eigenvalue weighted by Gasteiger charge is 2.19. The van der Waals surface area contributed by atoms with Crippen molar-refractivity contribution in [3.8, 4) is 0 Å². The van der Waals surface area contributed by atoms with E-state index in [1.54, 1.807) is 19.1 Å². The van der Waals surface area contributed by atoms with E-state index in [9.17, 15) is 17.2 Å². The molecule has 2 rings (SSSR count). The zero-order valence-electron chi connectivity index (χ0n) is 10.5. The molecule has 0 aliphatic heterocycles. The number of hydrogen-bond acceptors (Lipinski definition) is 3. The Morgan fingerprint density at radius 1 is 1.10 bits per heavy atom. The molecule has 0 saturated heterocycles. The number of benzene rings is 2. The molecule has 0 unspecified atom stereocenters. The fraction of sp³-hybridized carbons (Fsp3) is 0.0769. The Labute approximate surface area is 115 Å². The lowest BCUT2D eigenvalue weighted by Crippen LogP contribution is -2.15. The fourth-order valence-corrected chi connectivity index (χ4v) is 3.03. The van der Waals surface area contributed by atoms with E-state index in [-0.39, 0.29) is 16.3 Å². The predicted octanol–water partition coefficient (Wildman–Crippen LogP) is 2.66. The van der Waals surface area contributed by atoms with E-state index in [0.717, 1.165) is 12.1 Å². The Morgan fingerprint density at radius 3 is 2.45 bits per heavy atom. The minimum Gasteiger partial charge on any atom is -0.399 e. The van der Waals surface area contributed by atoms with Gasteiger partial charge in [0.15, 0.2) is 0 Å². The number of rotatable bonds is 3. The third-order valence-electron chi connectivity index (χ3n) is 2.68. The fourth-order valence-electron chi connectivity index (χ4n) is 1.68. The molecule has 0 atom stereocenters. The van der Waals surface area contributed by atoms with Crippen LogP contribution in [-0.2, 0) is 10.0 Å². The van der Waals surface area contributed by atoms with E-state index < -0.39 is 21.7 Å². The van der Waals surface area contributed by atoms with Gasteiger partial charge in [-0.1, -0.05) is 6.07 Å². The van der Waals surface area contributed by atoms with Crippen LogP contribution in [0.1, 0.15) is 5.56 Å². The third kappa shape index (κ3) is 2.88. The van der Waals surface area contributed by atoms with Gasteiger partial charge in [0.2, 0.25) is 0 Å². The predicted molar refractivity (Wildman–Crippen MR) is 72.8 cm³/mol. The van der Waals surface area contributed by atoms with Crippen molar-refractivity contribution >= 4 is 21.4 Å². The highest BCUT2D eigenvalue weighted by molar-refractivity contribution is 7.92. The Balaban J connectivity index is 2.43. The summed E-state index contributed by atoms with van der Waals surface area (Å²) in [4.78, 5) is -0.0544. The van der Waals surface area contributed by atoms with Gasteiger partial charge in [-0.05, 0) is 36.8 Å². The minimum absolute atomic E-state index is 0.0544. The van der Waals surface area contributed by atoms with Gasteiger partial charge < -0.3 is 5.73 Å². The maximum Gasteiger partial charge on any atom is 0.262 e.